The third kappa shape index (κ3) is 8.59. The number of aromatic nitrogens is 7. The molecule has 5 heterocycles. The number of hydrogen-bond donors (Lipinski definition) is 0. The van der Waals surface area contributed by atoms with Crippen molar-refractivity contribution in [2.24, 2.45) is 0 Å². The quantitative estimate of drug-likeness (QED) is 0.121. The maximum absolute atomic E-state index is 5.46. The van der Waals surface area contributed by atoms with E-state index in [1.165, 1.54) is 55.6 Å². The van der Waals surface area contributed by atoms with Crippen molar-refractivity contribution in [3.05, 3.63) is 296 Å². The highest BCUT2D eigenvalue weighted by Gasteiger charge is 2.27. The fourth-order valence-corrected chi connectivity index (χ4v) is 14.6. The molecule has 3 aliphatic carbocycles. The van der Waals surface area contributed by atoms with Crippen molar-refractivity contribution in [3.8, 4) is 56.7 Å². The molecule has 5 aromatic heterocycles. The van der Waals surface area contributed by atoms with E-state index >= 15 is 0 Å². The average molecular weight is 1140 g/mol. The Morgan fingerprint density at radius 3 is 1.75 bits per heavy atom. The Kier molecular flexibility index (Phi) is 12.5. The molecular weight excluding hydrogens is 1080 g/mol. The van der Waals surface area contributed by atoms with E-state index in [2.05, 4.69) is 262 Å². The molecule has 0 N–H and O–H groups in total. The van der Waals surface area contributed by atoms with Crippen molar-refractivity contribution in [2.45, 2.75) is 45.1 Å². The van der Waals surface area contributed by atoms with E-state index in [4.69, 9.17) is 15.0 Å². The molecule has 9 aromatic carbocycles. The summed E-state index contributed by atoms with van der Waals surface area (Å²) in [6.07, 6.45) is 29.9. The van der Waals surface area contributed by atoms with Crippen molar-refractivity contribution in [1.29, 1.82) is 0 Å². The van der Waals surface area contributed by atoms with Gasteiger partial charge in [-0.15, -0.1) is 0 Å². The first-order valence-electron chi connectivity index (χ1n) is 31.1. The molecule has 0 aliphatic heterocycles. The number of benzene rings is 9. The molecule has 89 heavy (non-hydrogen) atoms. The molecule has 1 unspecified atom stereocenters. The zero-order valence-electron chi connectivity index (χ0n) is 49.4. The van der Waals surface area contributed by atoms with Gasteiger partial charge in [-0.25, -0.2) is 15.0 Å². The lowest BCUT2D eigenvalue weighted by Crippen LogP contribution is -2.08. The number of hydrogen-bond acceptors (Lipinski definition) is 3. The Bertz CT molecular complexity index is 5380. The first kappa shape index (κ1) is 52.2. The minimum atomic E-state index is 0.252. The maximum atomic E-state index is 5.46. The van der Waals surface area contributed by atoms with Crippen LogP contribution in [0.5, 0.6) is 0 Å². The van der Waals surface area contributed by atoms with E-state index in [1.54, 1.807) is 0 Å². The van der Waals surface area contributed by atoms with E-state index < -0.39 is 0 Å². The topological polar surface area (TPSA) is 58.4 Å². The number of fused-ring (bicyclic) bond motifs is 10. The van der Waals surface area contributed by atoms with Gasteiger partial charge in [0.2, 0.25) is 0 Å². The van der Waals surface area contributed by atoms with Crippen LogP contribution in [0.3, 0.4) is 0 Å². The van der Waals surface area contributed by atoms with Crippen LogP contribution in [0.2, 0.25) is 0 Å². The Labute approximate surface area is 516 Å². The zero-order valence-corrected chi connectivity index (χ0v) is 49.4. The second-order valence-corrected chi connectivity index (χ2v) is 23.7. The minimum Gasteiger partial charge on any atom is -0.333 e. The molecule has 3 aliphatic rings. The molecule has 0 radical (unpaired) electrons. The Morgan fingerprint density at radius 1 is 0.483 bits per heavy atom. The molecule has 0 fully saturated rings. The summed E-state index contributed by atoms with van der Waals surface area (Å²) in [5.41, 5.74) is 22.6. The lowest BCUT2D eigenvalue weighted by atomic mass is 9.96. The van der Waals surface area contributed by atoms with Crippen LogP contribution in [-0.2, 0) is 6.42 Å². The largest absolute Gasteiger partial charge is 0.333 e. The molecule has 0 spiro atoms. The molecule has 0 bridgehead atoms. The number of para-hydroxylation sites is 4. The molecule has 7 nitrogen and oxygen atoms in total. The molecule has 424 valence electrons. The van der Waals surface area contributed by atoms with E-state index in [0.717, 1.165) is 120 Å². The summed E-state index contributed by atoms with van der Waals surface area (Å²) in [6, 6.07) is 75.0. The summed E-state index contributed by atoms with van der Waals surface area (Å²) in [7, 11) is 0. The standard InChI is InChI=1S/C82H61N7/c1-3-54(49-67-53(2)86(60-29-12-6-13-30-60)71-38-20-16-33-62(67)71)57-43-47-76-69(50-57)64-35-18-22-40-73(64)88(76)78-42-24-37-66(82-84-80(55-25-8-4-9-26-55)83-81(85-82)56-27-10-5-11-28-56)79(78)89-74-41-23-19-36-65(74)70-52-59(45-48-77(70)89)58-44-46-75-68(51-58)63-34-17-21-39-72(63)87(75)61-31-14-7-15-32-61/h3-12,14-19,21-29,31,33-37,39-52,61H,1,13,20,30,32,38H2,2H3/b54-49+. The molecule has 0 saturated heterocycles. The average Bonchev–Trinajstić information content (AvgIpc) is 1.70. The predicted molar refractivity (Wildman–Crippen MR) is 372 cm³/mol. The minimum absolute atomic E-state index is 0.252. The Balaban J connectivity index is 0.893. The summed E-state index contributed by atoms with van der Waals surface area (Å²) in [4.78, 5) is 16.1. The first-order chi connectivity index (χ1) is 44.0. The van der Waals surface area contributed by atoms with Crippen LogP contribution in [0.25, 0.3) is 146 Å². The van der Waals surface area contributed by atoms with Crippen LogP contribution < -0.4 is 0 Å². The molecule has 0 amide bonds. The van der Waals surface area contributed by atoms with Gasteiger partial charge in [-0.2, -0.15) is 0 Å². The van der Waals surface area contributed by atoms with Gasteiger partial charge in [-0.1, -0.05) is 201 Å². The van der Waals surface area contributed by atoms with Gasteiger partial charge in [0.05, 0.1) is 39.5 Å². The highest BCUT2D eigenvalue weighted by molar-refractivity contribution is 6.15. The van der Waals surface area contributed by atoms with E-state index in [9.17, 15) is 0 Å². The Morgan fingerprint density at radius 2 is 1.07 bits per heavy atom. The SMILES string of the molecule is C=C/C(=C\c1c2c(n(C3=CC=CCC3)c1C)CCC=C2)c1ccc2c(c1)c1ccccc1n2-c1cccc(-c2nc(-c3ccccc3)nc(-c3ccccc3)n2)c1-n1c2ccccc2c2cc(-c3ccc4c(c3)c3ccccc3n4C3C=CC=CC3)ccc21. The number of allylic oxidation sites excluding steroid dienone is 11. The lowest BCUT2D eigenvalue weighted by molar-refractivity contribution is 0.648. The van der Waals surface area contributed by atoms with Crippen molar-refractivity contribution in [1.82, 2.24) is 33.2 Å². The summed E-state index contributed by atoms with van der Waals surface area (Å²) in [5.74, 6) is 1.78. The third-order valence-electron chi connectivity index (χ3n) is 18.7. The lowest BCUT2D eigenvalue weighted by Gasteiger charge is -2.20. The normalized spacial score (nSPS) is 14.9. The maximum Gasteiger partial charge on any atom is 0.166 e. The highest BCUT2D eigenvalue weighted by atomic mass is 15.1. The first-order valence-corrected chi connectivity index (χ1v) is 31.1. The fourth-order valence-electron chi connectivity index (χ4n) is 14.6. The van der Waals surface area contributed by atoms with Crippen molar-refractivity contribution in [3.63, 3.8) is 0 Å². The summed E-state index contributed by atoms with van der Waals surface area (Å²) < 4.78 is 9.97. The number of rotatable bonds is 11. The summed E-state index contributed by atoms with van der Waals surface area (Å²) >= 11 is 0. The second kappa shape index (κ2) is 21.4. The zero-order chi connectivity index (χ0) is 59.1. The monoisotopic (exact) mass is 1140 g/mol. The molecule has 7 heteroatoms. The molecular formula is C82H61N7. The van der Waals surface area contributed by atoms with Gasteiger partial charge in [0.15, 0.2) is 17.5 Å². The third-order valence-corrected chi connectivity index (χ3v) is 18.7. The van der Waals surface area contributed by atoms with Crippen LogP contribution in [0.4, 0.5) is 0 Å². The van der Waals surface area contributed by atoms with Crippen molar-refractivity contribution >= 4 is 88.8 Å². The summed E-state index contributed by atoms with van der Waals surface area (Å²) in [5, 5.41) is 7.12. The van der Waals surface area contributed by atoms with E-state index in [1.807, 2.05) is 42.5 Å². The van der Waals surface area contributed by atoms with Gasteiger partial charge in [-0.05, 0) is 140 Å². The molecule has 17 rings (SSSR count). The van der Waals surface area contributed by atoms with Gasteiger partial charge in [0.1, 0.15) is 0 Å². The number of nitrogens with zero attached hydrogens (tertiary/aromatic N) is 7. The highest BCUT2D eigenvalue weighted by Crippen LogP contribution is 2.45. The van der Waals surface area contributed by atoms with Crippen LogP contribution in [0, 0.1) is 6.92 Å². The van der Waals surface area contributed by atoms with Crippen LogP contribution in [-0.4, -0.2) is 33.2 Å². The van der Waals surface area contributed by atoms with Crippen LogP contribution in [0.1, 0.15) is 59.8 Å². The molecule has 1 atom stereocenters. The van der Waals surface area contributed by atoms with Gasteiger partial charge in [0, 0.05) is 88.3 Å². The Hall–Kier alpha value is -11.2. The molecule has 14 aromatic rings. The van der Waals surface area contributed by atoms with E-state index in [-0.39, 0.29) is 6.04 Å². The van der Waals surface area contributed by atoms with Gasteiger partial charge in [0.25, 0.3) is 0 Å². The van der Waals surface area contributed by atoms with Gasteiger partial charge < -0.3 is 18.3 Å². The predicted octanol–water partition coefficient (Wildman–Crippen LogP) is 20.9. The van der Waals surface area contributed by atoms with Crippen LogP contribution >= 0.6 is 0 Å². The second-order valence-electron chi connectivity index (χ2n) is 23.7. The van der Waals surface area contributed by atoms with E-state index in [0.29, 0.717) is 17.5 Å². The fraction of sp³-hybridized carbons (Fsp3) is 0.0854. The summed E-state index contributed by atoms with van der Waals surface area (Å²) in [6.45, 7) is 6.75. The van der Waals surface area contributed by atoms with Crippen molar-refractivity contribution < 1.29 is 0 Å². The smallest absolute Gasteiger partial charge is 0.166 e. The van der Waals surface area contributed by atoms with Crippen LogP contribution in [0.15, 0.2) is 268 Å². The molecule has 0 saturated carbocycles. The van der Waals surface area contributed by atoms with Gasteiger partial charge >= 0.3 is 0 Å². The van der Waals surface area contributed by atoms with Crippen molar-refractivity contribution in [2.75, 3.05) is 0 Å². The van der Waals surface area contributed by atoms with Gasteiger partial charge in [-0.3, -0.25) is 0 Å².